The van der Waals surface area contributed by atoms with Gasteiger partial charge in [0, 0.05) is 18.4 Å². The van der Waals surface area contributed by atoms with Gasteiger partial charge in [-0.05, 0) is 29.8 Å². The van der Waals surface area contributed by atoms with Crippen LogP contribution in [0.25, 0.3) is 0 Å². The van der Waals surface area contributed by atoms with Gasteiger partial charge in [-0.25, -0.2) is 4.39 Å². The fourth-order valence-electron chi connectivity index (χ4n) is 1.58. The summed E-state index contributed by atoms with van der Waals surface area (Å²) in [7, 11) is 0. The van der Waals surface area contributed by atoms with Crippen LogP contribution in [0.5, 0.6) is 0 Å². The molecule has 0 bridgehead atoms. The van der Waals surface area contributed by atoms with E-state index in [4.69, 9.17) is 16.7 Å². The standard InChI is InChI=1S/C12H11ClFNO/c13-11-6-9(3-4-12(11)14)7-15-5-1-2-10(15)8-16/h1-6,16H,7-8H2. The molecule has 0 aliphatic rings. The van der Waals surface area contributed by atoms with E-state index in [-0.39, 0.29) is 11.6 Å². The Balaban J connectivity index is 2.24. The summed E-state index contributed by atoms with van der Waals surface area (Å²) >= 11 is 5.69. The zero-order valence-electron chi connectivity index (χ0n) is 8.53. The van der Waals surface area contributed by atoms with Gasteiger partial charge in [-0.2, -0.15) is 0 Å². The Hall–Kier alpha value is -1.32. The van der Waals surface area contributed by atoms with Crippen molar-refractivity contribution < 1.29 is 9.50 Å². The molecule has 0 fully saturated rings. The molecule has 84 valence electrons. The van der Waals surface area contributed by atoms with Crippen molar-refractivity contribution in [2.24, 2.45) is 0 Å². The van der Waals surface area contributed by atoms with E-state index in [1.807, 2.05) is 22.9 Å². The van der Waals surface area contributed by atoms with Gasteiger partial charge in [0.05, 0.1) is 11.6 Å². The van der Waals surface area contributed by atoms with Crippen molar-refractivity contribution in [3.8, 4) is 0 Å². The van der Waals surface area contributed by atoms with Gasteiger partial charge in [-0.1, -0.05) is 17.7 Å². The number of aliphatic hydroxyl groups excluding tert-OH is 1. The fourth-order valence-corrected chi connectivity index (χ4v) is 1.79. The van der Waals surface area contributed by atoms with Gasteiger partial charge in [0.1, 0.15) is 5.82 Å². The predicted molar refractivity (Wildman–Crippen MR) is 60.9 cm³/mol. The lowest BCUT2D eigenvalue weighted by Crippen LogP contribution is -2.03. The lowest BCUT2D eigenvalue weighted by Gasteiger charge is -2.08. The number of nitrogens with zero attached hydrogens (tertiary/aromatic N) is 1. The zero-order chi connectivity index (χ0) is 11.5. The summed E-state index contributed by atoms with van der Waals surface area (Å²) < 4.78 is 14.8. The van der Waals surface area contributed by atoms with Crippen LogP contribution < -0.4 is 0 Å². The van der Waals surface area contributed by atoms with Crippen molar-refractivity contribution in [2.45, 2.75) is 13.2 Å². The van der Waals surface area contributed by atoms with Crippen molar-refractivity contribution >= 4 is 11.6 Å². The van der Waals surface area contributed by atoms with E-state index in [2.05, 4.69) is 0 Å². The summed E-state index contributed by atoms with van der Waals surface area (Å²) in [5.41, 5.74) is 1.72. The molecule has 0 aliphatic carbocycles. The number of rotatable bonds is 3. The van der Waals surface area contributed by atoms with Crippen molar-refractivity contribution in [3.63, 3.8) is 0 Å². The third-order valence-electron chi connectivity index (χ3n) is 2.42. The molecule has 1 N–H and O–H groups in total. The van der Waals surface area contributed by atoms with E-state index in [0.717, 1.165) is 11.3 Å². The first-order chi connectivity index (χ1) is 7.70. The lowest BCUT2D eigenvalue weighted by atomic mass is 10.2. The summed E-state index contributed by atoms with van der Waals surface area (Å²) in [6, 6.07) is 8.32. The van der Waals surface area contributed by atoms with Crippen LogP contribution in [0.15, 0.2) is 36.5 Å². The van der Waals surface area contributed by atoms with Gasteiger partial charge in [-0.3, -0.25) is 0 Å². The minimum absolute atomic E-state index is 0.0120. The number of benzene rings is 1. The van der Waals surface area contributed by atoms with Gasteiger partial charge in [0.25, 0.3) is 0 Å². The molecule has 0 spiro atoms. The first kappa shape index (κ1) is 11.2. The van der Waals surface area contributed by atoms with Gasteiger partial charge in [0.2, 0.25) is 0 Å². The van der Waals surface area contributed by atoms with E-state index in [1.165, 1.54) is 6.07 Å². The van der Waals surface area contributed by atoms with Crippen LogP contribution >= 0.6 is 11.6 Å². The number of halogens is 2. The van der Waals surface area contributed by atoms with Crippen molar-refractivity contribution in [2.75, 3.05) is 0 Å². The van der Waals surface area contributed by atoms with E-state index < -0.39 is 5.82 Å². The Kier molecular flexibility index (Phi) is 3.27. The molecular weight excluding hydrogens is 229 g/mol. The monoisotopic (exact) mass is 239 g/mol. The second-order valence-corrected chi connectivity index (χ2v) is 3.94. The molecule has 0 aliphatic heterocycles. The van der Waals surface area contributed by atoms with Gasteiger partial charge < -0.3 is 9.67 Å². The van der Waals surface area contributed by atoms with E-state index >= 15 is 0 Å². The van der Waals surface area contributed by atoms with Crippen LogP contribution in [0.1, 0.15) is 11.3 Å². The zero-order valence-corrected chi connectivity index (χ0v) is 9.28. The molecule has 0 atom stereocenters. The molecule has 2 nitrogen and oxygen atoms in total. The molecule has 16 heavy (non-hydrogen) atoms. The minimum atomic E-state index is -0.416. The van der Waals surface area contributed by atoms with Crippen LogP contribution in [-0.2, 0) is 13.2 Å². The minimum Gasteiger partial charge on any atom is -0.390 e. The van der Waals surface area contributed by atoms with Crippen LogP contribution in [0.4, 0.5) is 4.39 Å². The molecule has 0 amide bonds. The highest BCUT2D eigenvalue weighted by molar-refractivity contribution is 6.30. The van der Waals surface area contributed by atoms with Crippen molar-refractivity contribution in [1.29, 1.82) is 0 Å². The Morgan fingerprint density at radius 3 is 2.81 bits per heavy atom. The smallest absolute Gasteiger partial charge is 0.141 e. The highest BCUT2D eigenvalue weighted by Gasteiger charge is 2.03. The maximum Gasteiger partial charge on any atom is 0.141 e. The molecule has 0 saturated carbocycles. The normalized spacial score (nSPS) is 10.7. The average molecular weight is 240 g/mol. The molecule has 2 aromatic rings. The van der Waals surface area contributed by atoms with Crippen molar-refractivity contribution in [1.82, 2.24) is 4.57 Å². The van der Waals surface area contributed by atoms with Crippen LogP contribution in [0, 0.1) is 5.82 Å². The van der Waals surface area contributed by atoms with Crippen molar-refractivity contribution in [3.05, 3.63) is 58.6 Å². The molecule has 0 radical (unpaired) electrons. The highest BCUT2D eigenvalue weighted by atomic mass is 35.5. The summed E-state index contributed by atoms with van der Waals surface area (Å²) in [5, 5.41) is 9.20. The fraction of sp³-hybridized carbons (Fsp3) is 0.167. The predicted octanol–water partition coefficient (Wildman–Crippen LogP) is 2.82. The number of hydrogen-bond donors (Lipinski definition) is 1. The second-order valence-electron chi connectivity index (χ2n) is 3.53. The first-order valence-corrected chi connectivity index (χ1v) is 5.27. The van der Waals surface area contributed by atoms with Gasteiger partial charge in [-0.15, -0.1) is 0 Å². The Morgan fingerprint density at radius 1 is 1.31 bits per heavy atom. The van der Waals surface area contributed by atoms with Crippen LogP contribution in [-0.4, -0.2) is 9.67 Å². The second kappa shape index (κ2) is 4.68. The molecule has 1 aromatic heterocycles. The highest BCUT2D eigenvalue weighted by Crippen LogP contribution is 2.17. The number of hydrogen-bond acceptors (Lipinski definition) is 1. The summed E-state index contributed by atoms with van der Waals surface area (Å²) in [6.07, 6.45) is 1.86. The third kappa shape index (κ3) is 2.26. The molecular formula is C12H11ClFNO. The van der Waals surface area contributed by atoms with E-state index in [0.29, 0.717) is 6.54 Å². The Morgan fingerprint density at radius 2 is 2.12 bits per heavy atom. The largest absolute Gasteiger partial charge is 0.390 e. The average Bonchev–Trinajstić information content (AvgIpc) is 2.71. The van der Waals surface area contributed by atoms with Crippen LogP contribution in [0.2, 0.25) is 5.02 Å². The molecule has 0 unspecified atom stereocenters. The van der Waals surface area contributed by atoms with E-state index in [9.17, 15) is 4.39 Å². The lowest BCUT2D eigenvalue weighted by molar-refractivity contribution is 0.271. The molecule has 4 heteroatoms. The van der Waals surface area contributed by atoms with Crippen LogP contribution in [0.3, 0.4) is 0 Å². The molecule has 0 saturated heterocycles. The maximum absolute atomic E-state index is 12.9. The van der Waals surface area contributed by atoms with Gasteiger partial charge >= 0.3 is 0 Å². The summed E-state index contributed by atoms with van der Waals surface area (Å²) in [5.74, 6) is -0.416. The number of aromatic nitrogens is 1. The molecule has 2 rings (SSSR count). The third-order valence-corrected chi connectivity index (χ3v) is 2.71. The van der Waals surface area contributed by atoms with E-state index in [1.54, 1.807) is 12.1 Å². The SMILES string of the molecule is OCc1cccn1Cc1ccc(F)c(Cl)c1. The molecule has 1 aromatic carbocycles. The quantitative estimate of drug-likeness (QED) is 0.876. The Labute approximate surface area is 97.9 Å². The first-order valence-electron chi connectivity index (χ1n) is 4.89. The topological polar surface area (TPSA) is 25.2 Å². The Bertz CT molecular complexity index is 496. The number of aliphatic hydroxyl groups is 1. The summed E-state index contributed by atoms with van der Waals surface area (Å²) in [4.78, 5) is 0. The van der Waals surface area contributed by atoms with Gasteiger partial charge in [0.15, 0.2) is 0 Å². The molecule has 1 heterocycles. The maximum atomic E-state index is 12.9. The summed E-state index contributed by atoms with van der Waals surface area (Å²) in [6.45, 7) is 0.560.